The van der Waals surface area contributed by atoms with Gasteiger partial charge in [0.2, 0.25) is 0 Å². The summed E-state index contributed by atoms with van der Waals surface area (Å²) >= 11 is 0. The fourth-order valence-electron chi connectivity index (χ4n) is 3.33. The van der Waals surface area contributed by atoms with E-state index < -0.39 is 11.9 Å². The standard InChI is InChI=1S/C21H23NO4/c1-4-25-21(24)20-17(19-6-5-11-26-19)12-15(13-18(20)23)14-7-9-16(10-8-14)22(2)3/h5-11,13,17,20H,4,12H2,1-3H3/t17-,20+/m1/s1. The molecule has 5 nitrogen and oxygen atoms in total. The maximum atomic E-state index is 12.7. The van der Waals surface area contributed by atoms with E-state index in [9.17, 15) is 9.59 Å². The largest absolute Gasteiger partial charge is 0.469 e. The predicted octanol–water partition coefficient (Wildman–Crippen LogP) is 3.66. The molecule has 0 saturated carbocycles. The molecule has 0 amide bonds. The maximum Gasteiger partial charge on any atom is 0.317 e. The molecule has 2 aromatic rings. The lowest BCUT2D eigenvalue weighted by molar-refractivity contribution is -0.151. The van der Waals surface area contributed by atoms with Gasteiger partial charge in [-0.2, -0.15) is 0 Å². The highest BCUT2D eigenvalue weighted by molar-refractivity contribution is 6.10. The number of esters is 1. The second-order valence-corrected chi connectivity index (χ2v) is 6.57. The lowest BCUT2D eigenvalue weighted by Crippen LogP contribution is -2.33. The van der Waals surface area contributed by atoms with Crippen LogP contribution < -0.4 is 4.90 Å². The van der Waals surface area contributed by atoms with Gasteiger partial charge >= 0.3 is 5.97 Å². The summed E-state index contributed by atoms with van der Waals surface area (Å²) in [4.78, 5) is 27.1. The van der Waals surface area contributed by atoms with Crippen molar-refractivity contribution in [3.05, 3.63) is 60.1 Å². The lowest BCUT2D eigenvalue weighted by Gasteiger charge is -2.27. The van der Waals surface area contributed by atoms with Gasteiger partial charge in [0.05, 0.1) is 12.9 Å². The van der Waals surface area contributed by atoms with Crippen molar-refractivity contribution in [1.82, 2.24) is 0 Å². The van der Waals surface area contributed by atoms with Crippen LogP contribution in [-0.4, -0.2) is 32.5 Å². The van der Waals surface area contributed by atoms with Crippen LogP contribution in [0.25, 0.3) is 5.57 Å². The highest BCUT2D eigenvalue weighted by Crippen LogP contribution is 2.40. The molecule has 136 valence electrons. The first-order chi connectivity index (χ1) is 12.5. The first kappa shape index (κ1) is 18.0. The third-order valence-corrected chi connectivity index (χ3v) is 4.67. The predicted molar refractivity (Wildman–Crippen MR) is 99.9 cm³/mol. The van der Waals surface area contributed by atoms with Crippen LogP contribution in [0, 0.1) is 5.92 Å². The van der Waals surface area contributed by atoms with E-state index in [0.717, 1.165) is 16.8 Å². The van der Waals surface area contributed by atoms with Crippen molar-refractivity contribution in [3.8, 4) is 0 Å². The van der Waals surface area contributed by atoms with Gasteiger partial charge in [-0.3, -0.25) is 9.59 Å². The summed E-state index contributed by atoms with van der Waals surface area (Å²) < 4.78 is 10.6. The molecule has 0 aliphatic heterocycles. The van der Waals surface area contributed by atoms with E-state index in [0.29, 0.717) is 12.2 Å². The molecule has 5 heteroatoms. The molecule has 26 heavy (non-hydrogen) atoms. The molecule has 3 rings (SSSR count). The molecular formula is C21H23NO4. The van der Waals surface area contributed by atoms with Gasteiger partial charge in [-0.25, -0.2) is 0 Å². The molecule has 1 aromatic heterocycles. The molecule has 0 saturated heterocycles. The number of furan rings is 1. The number of anilines is 1. The minimum atomic E-state index is -0.856. The van der Waals surface area contributed by atoms with Gasteiger partial charge in [-0.05, 0) is 54.8 Å². The molecule has 0 radical (unpaired) electrons. The summed E-state index contributed by atoms with van der Waals surface area (Å²) in [5, 5.41) is 0. The van der Waals surface area contributed by atoms with Crippen LogP contribution in [0.5, 0.6) is 0 Å². The van der Waals surface area contributed by atoms with E-state index in [1.54, 1.807) is 25.3 Å². The first-order valence-electron chi connectivity index (χ1n) is 8.73. The average molecular weight is 353 g/mol. The summed E-state index contributed by atoms with van der Waals surface area (Å²) in [6.45, 7) is 1.98. The molecule has 0 fully saturated rings. The van der Waals surface area contributed by atoms with Crippen molar-refractivity contribution in [2.75, 3.05) is 25.6 Å². The molecule has 1 heterocycles. The maximum absolute atomic E-state index is 12.7. The van der Waals surface area contributed by atoms with Crippen molar-refractivity contribution in [2.45, 2.75) is 19.3 Å². The van der Waals surface area contributed by atoms with Gasteiger partial charge in [0.15, 0.2) is 5.78 Å². The molecular weight excluding hydrogens is 330 g/mol. The normalized spacial score (nSPS) is 19.8. The highest BCUT2D eigenvalue weighted by atomic mass is 16.5. The van der Waals surface area contributed by atoms with Gasteiger partial charge in [0.1, 0.15) is 11.7 Å². The SMILES string of the molecule is CCOC(=O)[C@@H]1C(=O)C=C(c2ccc(N(C)C)cc2)C[C@@H]1c1ccco1. The Labute approximate surface area is 153 Å². The molecule has 1 aliphatic carbocycles. The van der Waals surface area contributed by atoms with Crippen LogP contribution in [0.2, 0.25) is 0 Å². The Morgan fingerprint density at radius 3 is 2.54 bits per heavy atom. The zero-order chi connectivity index (χ0) is 18.7. The summed E-state index contributed by atoms with van der Waals surface area (Å²) in [6.07, 6.45) is 3.68. The zero-order valence-corrected chi connectivity index (χ0v) is 15.3. The summed E-state index contributed by atoms with van der Waals surface area (Å²) in [7, 11) is 3.96. The van der Waals surface area contributed by atoms with Crippen molar-refractivity contribution in [3.63, 3.8) is 0 Å². The zero-order valence-electron chi connectivity index (χ0n) is 15.3. The van der Waals surface area contributed by atoms with E-state index in [4.69, 9.17) is 9.15 Å². The Bertz CT molecular complexity index is 803. The molecule has 0 bridgehead atoms. The number of allylic oxidation sites excluding steroid dienone is 2. The summed E-state index contributed by atoms with van der Waals surface area (Å²) in [6, 6.07) is 11.6. The smallest absolute Gasteiger partial charge is 0.317 e. The number of nitrogens with zero attached hydrogens (tertiary/aromatic N) is 1. The van der Waals surface area contributed by atoms with Gasteiger partial charge in [-0.15, -0.1) is 0 Å². The van der Waals surface area contributed by atoms with Gasteiger partial charge in [0, 0.05) is 25.7 Å². The average Bonchev–Trinajstić information content (AvgIpc) is 3.15. The Morgan fingerprint density at radius 2 is 1.96 bits per heavy atom. The molecule has 0 unspecified atom stereocenters. The monoisotopic (exact) mass is 353 g/mol. The number of ether oxygens (including phenoxy) is 1. The number of benzene rings is 1. The number of rotatable bonds is 5. The van der Waals surface area contributed by atoms with Crippen LogP contribution in [0.1, 0.15) is 30.6 Å². The quantitative estimate of drug-likeness (QED) is 0.606. The Kier molecular flexibility index (Phi) is 5.26. The second-order valence-electron chi connectivity index (χ2n) is 6.57. The van der Waals surface area contributed by atoms with E-state index in [1.807, 2.05) is 49.3 Å². The number of carbonyl (C=O) groups excluding carboxylic acids is 2. The first-order valence-corrected chi connectivity index (χ1v) is 8.73. The molecule has 2 atom stereocenters. The summed E-state index contributed by atoms with van der Waals surface area (Å²) in [5.41, 5.74) is 2.97. The van der Waals surface area contributed by atoms with Crippen LogP contribution in [0.15, 0.2) is 53.2 Å². The molecule has 0 spiro atoms. The fourth-order valence-corrected chi connectivity index (χ4v) is 3.33. The van der Waals surface area contributed by atoms with E-state index in [-0.39, 0.29) is 18.3 Å². The number of ketones is 1. The number of carbonyl (C=O) groups is 2. The van der Waals surface area contributed by atoms with Crippen LogP contribution >= 0.6 is 0 Å². The number of hydrogen-bond acceptors (Lipinski definition) is 5. The minimum absolute atomic E-state index is 0.234. The summed E-state index contributed by atoms with van der Waals surface area (Å²) in [5.74, 6) is -1.30. The second kappa shape index (κ2) is 7.60. The van der Waals surface area contributed by atoms with Crippen LogP contribution in [0.3, 0.4) is 0 Å². The van der Waals surface area contributed by atoms with Gasteiger partial charge in [0.25, 0.3) is 0 Å². The van der Waals surface area contributed by atoms with Crippen molar-refractivity contribution in [1.29, 1.82) is 0 Å². The van der Waals surface area contributed by atoms with Crippen molar-refractivity contribution < 1.29 is 18.7 Å². The third kappa shape index (κ3) is 3.57. The van der Waals surface area contributed by atoms with Gasteiger partial charge in [-0.1, -0.05) is 12.1 Å². The van der Waals surface area contributed by atoms with E-state index in [1.165, 1.54) is 0 Å². The van der Waals surface area contributed by atoms with Gasteiger partial charge < -0.3 is 14.1 Å². The lowest BCUT2D eigenvalue weighted by atomic mass is 9.76. The van der Waals surface area contributed by atoms with Crippen LogP contribution in [0.4, 0.5) is 5.69 Å². The molecule has 1 aliphatic rings. The number of hydrogen-bond donors (Lipinski definition) is 0. The molecule has 0 N–H and O–H groups in total. The highest BCUT2D eigenvalue weighted by Gasteiger charge is 2.41. The van der Waals surface area contributed by atoms with Crippen molar-refractivity contribution in [2.24, 2.45) is 5.92 Å². The van der Waals surface area contributed by atoms with Crippen molar-refractivity contribution >= 4 is 23.0 Å². The fraction of sp³-hybridized carbons (Fsp3) is 0.333. The minimum Gasteiger partial charge on any atom is -0.469 e. The van der Waals surface area contributed by atoms with E-state index >= 15 is 0 Å². The molecule has 1 aromatic carbocycles. The Balaban J connectivity index is 1.95. The Hall–Kier alpha value is -2.82. The Morgan fingerprint density at radius 1 is 1.23 bits per heavy atom. The topological polar surface area (TPSA) is 59.8 Å². The van der Waals surface area contributed by atoms with E-state index in [2.05, 4.69) is 0 Å². The van der Waals surface area contributed by atoms with Crippen LogP contribution in [-0.2, 0) is 14.3 Å². The third-order valence-electron chi connectivity index (χ3n) is 4.67.